The van der Waals surface area contributed by atoms with Crippen molar-refractivity contribution < 1.29 is 0 Å². The van der Waals surface area contributed by atoms with Crippen LogP contribution in [-0.2, 0) is 0 Å². The SMILES string of the molecule is Clc1ccc(-n2cnnn2)cc1NC1CCSC1. The molecule has 1 aliphatic heterocycles. The number of halogens is 1. The number of hydrogen-bond donors (Lipinski definition) is 1. The summed E-state index contributed by atoms with van der Waals surface area (Å²) < 4.78 is 1.62. The molecular weight excluding hydrogens is 270 g/mol. The number of aromatic nitrogens is 4. The van der Waals surface area contributed by atoms with E-state index < -0.39 is 0 Å². The van der Waals surface area contributed by atoms with Crippen molar-refractivity contribution in [2.45, 2.75) is 12.5 Å². The molecule has 94 valence electrons. The Morgan fingerprint density at radius 1 is 1.44 bits per heavy atom. The molecule has 0 bridgehead atoms. The van der Waals surface area contributed by atoms with Crippen molar-refractivity contribution in [1.82, 2.24) is 20.2 Å². The predicted octanol–water partition coefficient (Wildman–Crippen LogP) is 2.23. The van der Waals surface area contributed by atoms with Crippen LogP contribution in [0.5, 0.6) is 0 Å². The first-order valence-corrected chi connectivity index (χ1v) is 7.23. The lowest BCUT2D eigenvalue weighted by atomic mass is 10.2. The van der Waals surface area contributed by atoms with Gasteiger partial charge in [-0.2, -0.15) is 11.8 Å². The van der Waals surface area contributed by atoms with Gasteiger partial charge in [-0.3, -0.25) is 0 Å². The van der Waals surface area contributed by atoms with Gasteiger partial charge in [0.05, 0.1) is 16.4 Å². The molecule has 18 heavy (non-hydrogen) atoms. The second kappa shape index (κ2) is 5.16. The van der Waals surface area contributed by atoms with E-state index in [4.69, 9.17) is 11.6 Å². The minimum absolute atomic E-state index is 0.497. The summed E-state index contributed by atoms with van der Waals surface area (Å²) in [5, 5.41) is 15.3. The van der Waals surface area contributed by atoms with Gasteiger partial charge in [0.2, 0.25) is 0 Å². The Kier molecular flexibility index (Phi) is 3.38. The molecule has 1 aliphatic rings. The molecule has 1 N–H and O–H groups in total. The first-order valence-electron chi connectivity index (χ1n) is 5.70. The van der Waals surface area contributed by atoms with Crippen LogP contribution in [0.2, 0.25) is 5.02 Å². The van der Waals surface area contributed by atoms with Crippen molar-refractivity contribution in [1.29, 1.82) is 0 Å². The normalized spacial score (nSPS) is 19.1. The largest absolute Gasteiger partial charge is 0.380 e. The fourth-order valence-corrected chi connectivity index (χ4v) is 3.24. The number of nitrogens with zero attached hydrogens (tertiary/aromatic N) is 4. The van der Waals surface area contributed by atoms with E-state index in [9.17, 15) is 0 Å². The smallest absolute Gasteiger partial charge is 0.143 e. The van der Waals surface area contributed by atoms with Crippen molar-refractivity contribution >= 4 is 29.1 Å². The zero-order valence-electron chi connectivity index (χ0n) is 9.58. The molecule has 2 heterocycles. The van der Waals surface area contributed by atoms with Crippen LogP contribution in [0.25, 0.3) is 5.69 Å². The Labute approximate surface area is 114 Å². The maximum absolute atomic E-state index is 6.21. The number of tetrazole rings is 1. The predicted molar refractivity (Wildman–Crippen MR) is 73.5 cm³/mol. The standard InChI is InChI=1S/C11H12ClN5S/c12-10-2-1-9(17-7-13-15-16-17)5-11(10)14-8-3-4-18-6-8/h1-2,5,7-8,14H,3-4,6H2. The van der Waals surface area contributed by atoms with Crippen LogP contribution in [0, 0.1) is 0 Å². The molecule has 1 unspecified atom stereocenters. The van der Waals surface area contributed by atoms with E-state index in [-0.39, 0.29) is 0 Å². The highest BCUT2D eigenvalue weighted by molar-refractivity contribution is 7.99. The molecular formula is C11H12ClN5S. The van der Waals surface area contributed by atoms with Gasteiger partial charge in [-0.05, 0) is 40.8 Å². The third kappa shape index (κ3) is 2.44. The van der Waals surface area contributed by atoms with Gasteiger partial charge in [-0.15, -0.1) is 5.10 Å². The molecule has 3 rings (SSSR count). The van der Waals surface area contributed by atoms with E-state index >= 15 is 0 Å². The molecule has 2 aromatic rings. The average molecular weight is 282 g/mol. The first kappa shape index (κ1) is 11.8. The Balaban J connectivity index is 1.86. The Hall–Kier alpha value is -1.27. The molecule has 1 aromatic heterocycles. The average Bonchev–Trinajstić information content (AvgIpc) is 3.04. The third-order valence-electron chi connectivity index (χ3n) is 2.85. The van der Waals surface area contributed by atoms with Gasteiger partial charge in [0.1, 0.15) is 6.33 Å². The van der Waals surface area contributed by atoms with Crippen molar-refractivity contribution in [3.05, 3.63) is 29.5 Å². The van der Waals surface area contributed by atoms with E-state index in [1.807, 2.05) is 30.0 Å². The monoisotopic (exact) mass is 281 g/mol. The van der Waals surface area contributed by atoms with Gasteiger partial charge >= 0.3 is 0 Å². The van der Waals surface area contributed by atoms with Crippen LogP contribution in [0.1, 0.15) is 6.42 Å². The Morgan fingerprint density at radius 3 is 3.11 bits per heavy atom. The molecule has 1 aromatic carbocycles. The van der Waals surface area contributed by atoms with Gasteiger partial charge in [0.25, 0.3) is 0 Å². The molecule has 0 saturated carbocycles. The molecule has 5 nitrogen and oxygen atoms in total. The van der Waals surface area contributed by atoms with Crippen LogP contribution < -0.4 is 5.32 Å². The molecule has 0 radical (unpaired) electrons. The van der Waals surface area contributed by atoms with Gasteiger partial charge in [-0.25, -0.2) is 4.68 Å². The Morgan fingerprint density at radius 2 is 2.39 bits per heavy atom. The van der Waals surface area contributed by atoms with Gasteiger partial charge in [-0.1, -0.05) is 11.6 Å². The third-order valence-corrected chi connectivity index (χ3v) is 4.34. The quantitative estimate of drug-likeness (QED) is 0.935. The van der Waals surface area contributed by atoms with Crippen LogP contribution in [0.3, 0.4) is 0 Å². The Bertz CT molecular complexity index is 524. The first-order chi connectivity index (χ1) is 8.83. The van der Waals surface area contributed by atoms with Crippen LogP contribution in [0.4, 0.5) is 5.69 Å². The van der Waals surface area contributed by atoms with Crippen molar-refractivity contribution in [3.63, 3.8) is 0 Å². The second-order valence-electron chi connectivity index (χ2n) is 4.12. The van der Waals surface area contributed by atoms with E-state index in [0.717, 1.165) is 22.2 Å². The van der Waals surface area contributed by atoms with Crippen molar-refractivity contribution in [2.24, 2.45) is 0 Å². The number of anilines is 1. The second-order valence-corrected chi connectivity index (χ2v) is 5.68. The molecule has 1 atom stereocenters. The maximum Gasteiger partial charge on any atom is 0.143 e. The summed E-state index contributed by atoms with van der Waals surface area (Å²) in [6.45, 7) is 0. The lowest BCUT2D eigenvalue weighted by Gasteiger charge is -2.15. The van der Waals surface area contributed by atoms with Gasteiger partial charge < -0.3 is 5.32 Å². The molecule has 0 aliphatic carbocycles. The van der Waals surface area contributed by atoms with Crippen molar-refractivity contribution in [2.75, 3.05) is 16.8 Å². The summed E-state index contributed by atoms with van der Waals surface area (Å²) in [5.74, 6) is 2.34. The highest BCUT2D eigenvalue weighted by Gasteiger charge is 2.16. The summed E-state index contributed by atoms with van der Waals surface area (Å²) in [4.78, 5) is 0. The highest BCUT2D eigenvalue weighted by atomic mass is 35.5. The van der Waals surface area contributed by atoms with Crippen LogP contribution >= 0.6 is 23.4 Å². The van der Waals surface area contributed by atoms with E-state index in [1.165, 1.54) is 12.2 Å². The summed E-state index contributed by atoms with van der Waals surface area (Å²) in [5.41, 5.74) is 1.84. The zero-order chi connectivity index (χ0) is 12.4. The van der Waals surface area contributed by atoms with E-state index in [0.29, 0.717) is 6.04 Å². The minimum atomic E-state index is 0.497. The number of thioether (sulfide) groups is 1. The van der Waals surface area contributed by atoms with Gasteiger partial charge in [0.15, 0.2) is 0 Å². The minimum Gasteiger partial charge on any atom is -0.380 e. The molecule has 0 amide bonds. The number of nitrogens with one attached hydrogen (secondary N) is 1. The summed E-state index contributed by atoms with van der Waals surface area (Å²) in [6, 6.07) is 6.23. The lowest BCUT2D eigenvalue weighted by Crippen LogP contribution is -2.18. The van der Waals surface area contributed by atoms with E-state index in [2.05, 4.69) is 20.8 Å². The van der Waals surface area contributed by atoms with Gasteiger partial charge in [0, 0.05) is 11.8 Å². The summed E-state index contributed by atoms with van der Waals surface area (Å²) >= 11 is 8.17. The lowest BCUT2D eigenvalue weighted by molar-refractivity contribution is 0.787. The number of benzene rings is 1. The molecule has 1 fully saturated rings. The molecule has 0 spiro atoms. The summed E-state index contributed by atoms with van der Waals surface area (Å²) in [7, 11) is 0. The molecule has 1 saturated heterocycles. The number of hydrogen-bond acceptors (Lipinski definition) is 5. The molecule has 7 heteroatoms. The zero-order valence-corrected chi connectivity index (χ0v) is 11.2. The number of rotatable bonds is 3. The van der Waals surface area contributed by atoms with E-state index in [1.54, 1.807) is 11.0 Å². The highest BCUT2D eigenvalue weighted by Crippen LogP contribution is 2.28. The van der Waals surface area contributed by atoms with Crippen molar-refractivity contribution in [3.8, 4) is 5.69 Å². The fourth-order valence-electron chi connectivity index (χ4n) is 1.91. The van der Waals surface area contributed by atoms with Crippen LogP contribution in [-0.4, -0.2) is 37.8 Å². The maximum atomic E-state index is 6.21. The summed E-state index contributed by atoms with van der Waals surface area (Å²) in [6.07, 6.45) is 2.74. The topological polar surface area (TPSA) is 55.6 Å². The van der Waals surface area contributed by atoms with Crippen LogP contribution in [0.15, 0.2) is 24.5 Å². The fraction of sp³-hybridized carbons (Fsp3) is 0.364.